The Labute approximate surface area is 140 Å². The highest BCUT2D eigenvalue weighted by molar-refractivity contribution is 5.43. The lowest BCUT2D eigenvalue weighted by Crippen LogP contribution is -3.00. The summed E-state index contributed by atoms with van der Waals surface area (Å²) in [5, 5.41) is 3.39. The van der Waals surface area contributed by atoms with Gasteiger partial charge in [0.2, 0.25) is 0 Å². The second-order valence-corrected chi connectivity index (χ2v) is 4.56. The standard InChI is InChI=1S/C15H24N2O2.2ClH/c1-5-10-19-14-7-6-13(11-15(14)18-4)12-16-8-9-17(2)3;;/h5-7,11,16H,1,8-10,12H2,2-4H3;2*1H/p-2. The largest absolute Gasteiger partial charge is 1.00 e. The molecule has 1 aromatic carbocycles. The molecule has 4 nitrogen and oxygen atoms in total. The van der Waals surface area contributed by atoms with Gasteiger partial charge in [0, 0.05) is 19.6 Å². The summed E-state index contributed by atoms with van der Waals surface area (Å²) in [6.07, 6.45) is 1.72. The van der Waals surface area contributed by atoms with Crippen LogP contribution in [-0.2, 0) is 6.54 Å². The van der Waals surface area contributed by atoms with Gasteiger partial charge in [0.05, 0.1) is 7.11 Å². The minimum Gasteiger partial charge on any atom is -1.00 e. The quantitative estimate of drug-likeness (QED) is 0.368. The Morgan fingerprint density at radius 2 is 1.95 bits per heavy atom. The minimum absolute atomic E-state index is 0. The first-order chi connectivity index (χ1) is 9.17. The average molecular weight is 335 g/mol. The van der Waals surface area contributed by atoms with E-state index in [2.05, 4.69) is 30.9 Å². The van der Waals surface area contributed by atoms with Gasteiger partial charge in [-0.05, 0) is 31.8 Å². The molecule has 0 unspecified atom stereocenters. The van der Waals surface area contributed by atoms with Gasteiger partial charge in [-0.2, -0.15) is 0 Å². The number of likely N-dealkylation sites (N-methyl/N-ethyl adjacent to an activating group) is 1. The summed E-state index contributed by atoms with van der Waals surface area (Å²) >= 11 is 0. The molecule has 1 rings (SSSR count). The Morgan fingerprint density at radius 1 is 1.24 bits per heavy atom. The first-order valence-electron chi connectivity index (χ1n) is 6.43. The normalized spacial score (nSPS) is 9.52. The highest BCUT2D eigenvalue weighted by atomic mass is 35.5. The van der Waals surface area contributed by atoms with Crippen LogP contribution in [0.25, 0.3) is 0 Å². The molecule has 0 spiro atoms. The van der Waals surface area contributed by atoms with Crippen LogP contribution in [0.5, 0.6) is 11.5 Å². The highest BCUT2D eigenvalue weighted by Gasteiger charge is 2.05. The van der Waals surface area contributed by atoms with Gasteiger partial charge in [0.1, 0.15) is 6.61 Å². The van der Waals surface area contributed by atoms with E-state index in [1.54, 1.807) is 13.2 Å². The highest BCUT2D eigenvalue weighted by Crippen LogP contribution is 2.27. The van der Waals surface area contributed by atoms with Gasteiger partial charge in [-0.1, -0.05) is 18.7 Å². The number of benzene rings is 1. The topological polar surface area (TPSA) is 33.7 Å². The molecule has 0 saturated heterocycles. The molecule has 0 atom stereocenters. The molecular weight excluding hydrogens is 311 g/mol. The van der Waals surface area contributed by atoms with Crippen LogP contribution < -0.4 is 39.6 Å². The predicted molar refractivity (Wildman–Crippen MR) is 78.9 cm³/mol. The molecule has 0 aromatic heterocycles. The summed E-state index contributed by atoms with van der Waals surface area (Å²) in [6.45, 7) is 6.93. The van der Waals surface area contributed by atoms with E-state index < -0.39 is 0 Å². The van der Waals surface area contributed by atoms with Crippen LogP contribution in [0, 0.1) is 0 Å². The summed E-state index contributed by atoms with van der Waals surface area (Å²) in [5.41, 5.74) is 1.18. The molecule has 6 heteroatoms. The van der Waals surface area contributed by atoms with Crippen molar-refractivity contribution in [3.63, 3.8) is 0 Å². The van der Waals surface area contributed by atoms with Crippen molar-refractivity contribution in [2.45, 2.75) is 6.54 Å². The van der Waals surface area contributed by atoms with Crippen LogP contribution in [0.3, 0.4) is 0 Å². The Balaban J connectivity index is 0. The maximum absolute atomic E-state index is 5.52. The fourth-order valence-corrected chi connectivity index (χ4v) is 1.63. The molecule has 0 aliphatic heterocycles. The van der Waals surface area contributed by atoms with Crippen LogP contribution in [0.4, 0.5) is 0 Å². The van der Waals surface area contributed by atoms with Crippen molar-refractivity contribution in [2.75, 3.05) is 40.9 Å². The summed E-state index contributed by atoms with van der Waals surface area (Å²) in [4.78, 5) is 2.15. The Kier molecular flexibility index (Phi) is 13.6. The molecule has 0 heterocycles. The summed E-state index contributed by atoms with van der Waals surface area (Å²) in [5.74, 6) is 1.51. The molecule has 21 heavy (non-hydrogen) atoms. The molecule has 0 aliphatic rings. The predicted octanol–water partition coefficient (Wildman–Crippen LogP) is -4.08. The summed E-state index contributed by atoms with van der Waals surface area (Å²) in [7, 11) is 5.78. The fraction of sp³-hybridized carbons (Fsp3) is 0.467. The Morgan fingerprint density at radius 3 is 2.52 bits per heavy atom. The molecule has 0 radical (unpaired) electrons. The molecule has 1 aromatic rings. The molecule has 122 valence electrons. The van der Waals surface area contributed by atoms with Crippen molar-refractivity contribution in [1.29, 1.82) is 0 Å². The van der Waals surface area contributed by atoms with E-state index in [9.17, 15) is 0 Å². The fourth-order valence-electron chi connectivity index (χ4n) is 1.63. The van der Waals surface area contributed by atoms with Gasteiger partial charge >= 0.3 is 0 Å². The number of hydrogen-bond donors (Lipinski definition) is 1. The van der Waals surface area contributed by atoms with Crippen LogP contribution in [0.2, 0.25) is 0 Å². The van der Waals surface area contributed by atoms with Gasteiger partial charge in [0.25, 0.3) is 0 Å². The van der Waals surface area contributed by atoms with Crippen molar-refractivity contribution in [2.24, 2.45) is 0 Å². The number of nitrogens with one attached hydrogen (secondary N) is 1. The minimum atomic E-state index is 0. The summed E-state index contributed by atoms with van der Waals surface area (Å²) in [6, 6.07) is 5.98. The van der Waals surface area contributed by atoms with E-state index >= 15 is 0 Å². The number of methoxy groups -OCH3 is 1. The monoisotopic (exact) mass is 334 g/mol. The maximum Gasteiger partial charge on any atom is 0.161 e. The molecule has 1 N–H and O–H groups in total. The van der Waals surface area contributed by atoms with Crippen molar-refractivity contribution in [3.05, 3.63) is 36.4 Å². The molecule has 0 aliphatic carbocycles. The second kappa shape index (κ2) is 12.8. The smallest absolute Gasteiger partial charge is 0.161 e. The van der Waals surface area contributed by atoms with Gasteiger partial charge in [0.15, 0.2) is 11.5 Å². The lowest BCUT2D eigenvalue weighted by atomic mass is 10.2. The van der Waals surface area contributed by atoms with E-state index in [0.29, 0.717) is 6.61 Å². The van der Waals surface area contributed by atoms with E-state index in [1.807, 2.05) is 18.2 Å². The number of ether oxygens (including phenoxy) is 2. The summed E-state index contributed by atoms with van der Waals surface area (Å²) < 4.78 is 10.9. The Hall–Kier alpha value is -0.940. The van der Waals surface area contributed by atoms with Gasteiger partial charge in [-0.3, -0.25) is 0 Å². The van der Waals surface area contributed by atoms with Gasteiger partial charge in [-0.25, -0.2) is 0 Å². The molecule has 0 saturated carbocycles. The number of halogens is 2. The average Bonchev–Trinajstić information content (AvgIpc) is 2.41. The number of hydrogen-bond acceptors (Lipinski definition) is 4. The number of rotatable bonds is 9. The lowest BCUT2D eigenvalue weighted by molar-refractivity contribution is -0.001000. The molecule has 0 amide bonds. The van der Waals surface area contributed by atoms with Crippen molar-refractivity contribution >= 4 is 0 Å². The molecule has 0 bridgehead atoms. The molecule has 0 fully saturated rings. The molecular formula is C15H24Cl2N2O2-2. The first kappa shape index (κ1) is 22.3. The second-order valence-electron chi connectivity index (χ2n) is 4.56. The van der Waals surface area contributed by atoms with Crippen molar-refractivity contribution < 1.29 is 34.3 Å². The van der Waals surface area contributed by atoms with Crippen LogP contribution in [0.1, 0.15) is 5.56 Å². The van der Waals surface area contributed by atoms with E-state index in [1.165, 1.54) is 5.56 Å². The van der Waals surface area contributed by atoms with Crippen LogP contribution >= 0.6 is 0 Å². The third-order valence-corrected chi connectivity index (χ3v) is 2.65. The zero-order valence-electron chi connectivity index (χ0n) is 12.9. The van der Waals surface area contributed by atoms with E-state index in [4.69, 9.17) is 9.47 Å². The van der Waals surface area contributed by atoms with Crippen molar-refractivity contribution in [1.82, 2.24) is 10.2 Å². The third-order valence-electron chi connectivity index (χ3n) is 2.65. The van der Waals surface area contributed by atoms with E-state index in [0.717, 1.165) is 31.1 Å². The van der Waals surface area contributed by atoms with Crippen LogP contribution in [-0.4, -0.2) is 45.8 Å². The maximum atomic E-state index is 5.52. The van der Waals surface area contributed by atoms with Gasteiger partial charge in [-0.15, -0.1) is 0 Å². The zero-order chi connectivity index (χ0) is 14.1. The van der Waals surface area contributed by atoms with Crippen molar-refractivity contribution in [3.8, 4) is 11.5 Å². The van der Waals surface area contributed by atoms with Gasteiger partial charge < -0.3 is 44.5 Å². The lowest BCUT2D eigenvalue weighted by Gasteiger charge is -2.13. The van der Waals surface area contributed by atoms with Crippen LogP contribution in [0.15, 0.2) is 30.9 Å². The van der Waals surface area contributed by atoms with E-state index in [-0.39, 0.29) is 24.8 Å². The SMILES string of the molecule is C=CCOc1ccc(CNCCN(C)C)cc1OC.[Cl-].[Cl-]. The number of nitrogens with zero attached hydrogens (tertiary/aromatic N) is 1. The Bertz CT molecular complexity index is 401. The third kappa shape index (κ3) is 8.83. The first-order valence-corrected chi connectivity index (χ1v) is 6.43. The zero-order valence-corrected chi connectivity index (χ0v) is 14.4.